The first-order valence-corrected chi connectivity index (χ1v) is 11.4. The summed E-state index contributed by atoms with van der Waals surface area (Å²) in [6.45, 7) is 3.77. The van der Waals surface area contributed by atoms with Crippen LogP contribution in [0.1, 0.15) is 30.9 Å². The van der Waals surface area contributed by atoms with E-state index in [2.05, 4.69) is 30.8 Å². The van der Waals surface area contributed by atoms with Gasteiger partial charge in [-0.05, 0) is 37.6 Å². The molecule has 3 heterocycles. The second-order valence-electron chi connectivity index (χ2n) is 9.46. The van der Waals surface area contributed by atoms with E-state index in [-0.39, 0.29) is 24.1 Å². The van der Waals surface area contributed by atoms with Crippen LogP contribution in [0, 0.1) is 0 Å². The number of benzene rings is 2. The van der Waals surface area contributed by atoms with Gasteiger partial charge >= 0.3 is 6.09 Å². The molecule has 0 saturated carbocycles. The molecule has 2 aromatic carbocycles. The van der Waals surface area contributed by atoms with E-state index in [0.717, 1.165) is 29.8 Å². The molecular formula is C25H30N4O4. The molecule has 2 amide bonds. The second kappa shape index (κ2) is 8.04. The lowest BCUT2D eigenvalue weighted by Crippen LogP contribution is -2.47. The van der Waals surface area contributed by atoms with E-state index >= 15 is 0 Å². The fraction of sp³-hybridized carbons (Fsp3) is 0.440. The van der Waals surface area contributed by atoms with Gasteiger partial charge < -0.3 is 10.0 Å². The number of carbonyl (C=O) groups excluding carboxylic acids is 1. The second-order valence-corrected chi connectivity index (χ2v) is 9.46. The Labute approximate surface area is 193 Å². The topological polar surface area (TPSA) is 76.6 Å². The van der Waals surface area contributed by atoms with Gasteiger partial charge in [-0.3, -0.25) is 19.4 Å². The van der Waals surface area contributed by atoms with Crippen LogP contribution in [0.15, 0.2) is 48.5 Å². The van der Waals surface area contributed by atoms with Crippen molar-refractivity contribution in [2.24, 2.45) is 0 Å². The van der Waals surface area contributed by atoms with E-state index < -0.39 is 12.1 Å². The van der Waals surface area contributed by atoms with Crippen molar-refractivity contribution >= 4 is 23.4 Å². The van der Waals surface area contributed by atoms with Gasteiger partial charge in [-0.15, -0.1) is 0 Å². The summed E-state index contributed by atoms with van der Waals surface area (Å²) in [6.07, 6.45) is 0.363. The van der Waals surface area contributed by atoms with E-state index in [0.29, 0.717) is 18.7 Å². The molecule has 33 heavy (non-hydrogen) atoms. The highest BCUT2D eigenvalue weighted by Gasteiger charge is 2.54. The maximum atomic E-state index is 13.2. The standard InChI is InChI=1S/C25H30N4O4/c1-25-13-15-26(2)23(25)27(3)18-10-7-11-19(21(18)25)29(24(31)32)20-12-14-28(22(20)30)33-16-17-8-5-4-6-9-17/h4-11,20,23H,12-16H2,1-3H3,(H,31,32)/t20-,23-,25+/m1/s1. The van der Waals surface area contributed by atoms with Gasteiger partial charge in [-0.1, -0.05) is 43.3 Å². The highest BCUT2D eigenvalue weighted by molar-refractivity contribution is 5.99. The van der Waals surface area contributed by atoms with E-state index in [1.807, 2.05) is 48.5 Å². The summed E-state index contributed by atoms with van der Waals surface area (Å²) in [7, 11) is 4.17. The van der Waals surface area contributed by atoms with Gasteiger partial charge in [-0.25, -0.2) is 9.86 Å². The van der Waals surface area contributed by atoms with Crippen LogP contribution in [0.5, 0.6) is 0 Å². The van der Waals surface area contributed by atoms with Crippen LogP contribution in [0.3, 0.4) is 0 Å². The molecule has 5 rings (SSSR count). The number of hydrogen-bond acceptors (Lipinski definition) is 5. The maximum absolute atomic E-state index is 13.2. The Hall–Kier alpha value is -3.10. The molecule has 0 unspecified atom stereocenters. The molecular weight excluding hydrogens is 420 g/mol. The first kappa shape index (κ1) is 21.7. The van der Waals surface area contributed by atoms with Crippen molar-refractivity contribution in [1.29, 1.82) is 0 Å². The number of likely N-dealkylation sites (N-methyl/N-ethyl adjacent to an activating group) is 2. The van der Waals surface area contributed by atoms with Gasteiger partial charge in [0, 0.05) is 30.3 Å². The minimum absolute atomic E-state index is 0.161. The first-order chi connectivity index (χ1) is 15.8. The number of carbonyl (C=O) groups is 2. The molecule has 174 valence electrons. The number of fused-ring (bicyclic) bond motifs is 3. The van der Waals surface area contributed by atoms with Crippen LogP contribution in [0.2, 0.25) is 0 Å². The summed E-state index contributed by atoms with van der Waals surface area (Å²) in [5.74, 6) is -0.317. The molecule has 2 saturated heterocycles. The lowest BCUT2D eigenvalue weighted by Gasteiger charge is -2.33. The first-order valence-electron chi connectivity index (χ1n) is 11.4. The highest BCUT2D eigenvalue weighted by Crippen LogP contribution is 2.54. The summed E-state index contributed by atoms with van der Waals surface area (Å²) in [4.78, 5) is 37.4. The van der Waals surface area contributed by atoms with Crippen molar-refractivity contribution in [3.05, 3.63) is 59.7 Å². The summed E-state index contributed by atoms with van der Waals surface area (Å²) in [6, 6.07) is 14.6. The quantitative estimate of drug-likeness (QED) is 0.754. The van der Waals surface area contributed by atoms with E-state index in [9.17, 15) is 14.7 Å². The Morgan fingerprint density at radius 2 is 1.91 bits per heavy atom. The SMILES string of the molecule is CN1CC[C@@]2(C)c3c(cccc3N(C(=O)O)[C@@H]3CCN(OCc4ccccc4)C3=O)N(C)[C@@H]12. The molecule has 3 atom stereocenters. The van der Waals surface area contributed by atoms with E-state index in [4.69, 9.17) is 4.84 Å². The Kier molecular flexibility index (Phi) is 5.29. The van der Waals surface area contributed by atoms with Crippen LogP contribution >= 0.6 is 0 Å². The van der Waals surface area contributed by atoms with Gasteiger partial charge in [0.25, 0.3) is 5.91 Å². The fourth-order valence-electron chi connectivity index (χ4n) is 6.00. The number of anilines is 2. The normalized spacial score (nSPS) is 26.6. The van der Waals surface area contributed by atoms with E-state index in [1.165, 1.54) is 9.96 Å². The minimum Gasteiger partial charge on any atom is -0.465 e. The smallest absolute Gasteiger partial charge is 0.412 e. The van der Waals surface area contributed by atoms with Gasteiger partial charge in [0.1, 0.15) is 12.6 Å². The third-order valence-corrected chi connectivity index (χ3v) is 7.45. The zero-order valence-corrected chi connectivity index (χ0v) is 19.3. The molecule has 1 N–H and O–H groups in total. The molecule has 0 spiro atoms. The molecule has 2 aromatic rings. The van der Waals surface area contributed by atoms with Crippen LogP contribution in [0.4, 0.5) is 16.2 Å². The molecule has 8 heteroatoms. The van der Waals surface area contributed by atoms with Crippen molar-refractivity contribution < 1.29 is 19.5 Å². The van der Waals surface area contributed by atoms with Gasteiger partial charge in [0.05, 0.1) is 18.4 Å². The van der Waals surface area contributed by atoms with Crippen molar-refractivity contribution in [1.82, 2.24) is 9.96 Å². The van der Waals surface area contributed by atoms with Crippen molar-refractivity contribution in [3.8, 4) is 0 Å². The summed E-state index contributed by atoms with van der Waals surface area (Å²) in [5.41, 5.74) is 3.39. The number of nitrogens with zero attached hydrogens (tertiary/aromatic N) is 4. The monoisotopic (exact) mass is 450 g/mol. The Bertz CT molecular complexity index is 1080. The molecule has 2 fully saturated rings. The fourth-order valence-corrected chi connectivity index (χ4v) is 6.00. The molecule has 0 aliphatic carbocycles. The predicted octanol–water partition coefficient (Wildman–Crippen LogP) is 3.27. The maximum Gasteiger partial charge on any atom is 0.412 e. The zero-order valence-electron chi connectivity index (χ0n) is 19.3. The third-order valence-electron chi connectivity index (χ3n) is 7.45. The average molecular weight is 451 g/mol. The van der Waals surface area contributed by atoms with Gasteiger partial charge in [0.15, 0.2) is 0 Å². The van der Waals surface area contributed by atoms with Crippen molar-refractivity contribution in [2.75, 3.05) is 37.0 Å². The summed E-state index contributed by atoms with van der Waals surface area (Å²) >= 11 is 0. The molecule has 3 aliphatic rings. The highest BCUT2D eigenvalue weighted by atomic mass is 16.7. The molecule has 3 aliphatic heterocycles. The van der Waals surface area contributed by atoms with Gasteiger partial charge in [-0.2, -0.15) is 0 Å². The number of likely N-dealkylation sites (tertiary alicyclic amines) is 1. The summed E-state index contributed by atoms with van der Waals surface area (Å²) < 4.78 is 0. The lowest BCUT2D eigenvalue weighted by molar-refractivity contribution is -0.182. The molecule has 0 aromatic heterocycles. The Balaban J connectivity index is 1.45. The summed E-state index contributed by atoms with van der Waals surface area (Å²) in [5, 5.41) is 11.6. The van der Waals surface area contributed by atoms with Crippen LogP contribution in [-0.2, 0) is 21.7 Å². The number of hydroxylamine groups is 2. The van der Waals surface area contributed by atoms with Crippen LogP contribution in [0.25, 0.3) is 0 Å². The number of rotatable bonds is 5. The predicted molar refractivity (Wildman–Crippen MR) is 125 cm³/mol. The van der Waals surface area contributed by atoms with Crippen molar-refractivity contribution in [3.63, 3.8) is 0 Å². The third kappa shape index (κ3) is 3.36. The average Bonchev–Trinajstić information content (AvgIpc) is 3.39. The van der Waals surface area contributed by atoms with Crippen molar-refractivity contribution in [2.45, 2.75) is 44.0 Å². The Morgan fingerprint density at radius 3 is 2.64 bits per heavy atom. The molecule has 0 bridgehead atoms. The number of amides is 2. The molecule has 0 radical (unpaired) electrons. The zero-order chi connectivity index (χ0) is 23.3. The van der Waals surface area contributed by atoms with Crippen LogP contribution in [-0.4, -0.2) is 66.5 Å². The van der Waals surface area contributed by atoms with E-state index in [1.54, 1.807) is 0 Å². The lowest BCUT2D eigenvalue weighted by atomic mass is 9.80. The largest absolute Gasteiger partial charge is 0.465 e. The van der Waals surface area contributed by atoms with Crippen LogP contribution < -0.4 is 9.80 Å². The molecule has 8 nitrogen and oxygen atoms in total. The number of carboxylic acid groups (broad SMARTS) is 1. The minimum atomic E-state index is -1.12. The van der Waals surface area contributed by atoms with Gasteiger partial charge in [0.2, 0.25) is 0 Å². The Morgan fingerprint density at radius 1 is 1.15 bits per heavy atom. The number of hydrogen-bond donors (Lipinski definition) is 1.